The number of pyridine rings is 1. The molecule has 0 fully saturated rings. The zero-order chi connectivity index (χ0) is 24.9. The van der Waals surface area contributed by atoms with Crippen molar-refractivity contribution in [3.63, 3.8) is 0 Å². The van der Waals surface area contributed by atoms with E-state index in [9.17, 15) is 9.59 Å². The third kappa shape index (κ3) is 6.06. The summed E-state index contributed by atoms with van der Waals surface area (Å²) >= 11 is 13.6. The highest BCUT2D eigenvalue weighted by Gasteiger charge is 2.13. The first kappa shape index (κ1) is 24.9. The van der Waals surface area contributed by atoms with Crippen LogP contribution in [0.2, 0.25) is 10.0 Å². The van der Waals surface area contributed by atoms with Crippen LogP contribution in [0.1, 0.15) is 42.5 Å². The van der Waals surface area contributed by atoms with Gasteiger partial charge in [0.15, 0.2) is 4.80 Å². The van der Waals surface area contributed by atoms with Crippen LogP contribution >= 0.6 is 34.5 Å². The molecule has 0 atom stereocenters. The Hall–Kier alpha value is -3.26. The molecule has 2 aromatic heterocycles. The third-order valence-electron chi connectivity index (χ3n) is 5.46. The van der Waals surface area contributed by atoms with E-state index in [4.69, 9.17) is 23.2 Å². The van der Waals surface area contributed by atoms with Crippen LogP contribution in [0.3, 0.4) is 0 Å². The van der Waals surface area contributed by atoms with E-state index in [2.05, 4.69) is 15.3 Å². The first-order valence-corrected chi connectivity index (χ1v) is 12.4. The van der Waals surface area contributed by atoms with Crippen molar-refractivity contribution in [2.24, 2.45) is 4.99 Å². The Morgan fingerprint density at radius 1 is 1.06 bits per heavy atom. The molecule has 1 N–H and O–H groups in total. The normalized spacial score (nSPS) is 11.5. The second kappa shape index (κ2) is 11.0. The maximum atomic E-state index is 12.8. The van der Waals surface area contributed by atoms with Crippen LogP contribution in [0.5, 0.6) is 0 Å². The maximum absolute atomic E-state index is 12.8. The molecule has 4 rings (SSSR count). The van der Waals surface area contributed by atoms with Crippen LogP contribution < -0.4 is 10.1 Å². The summed E-state index contributed by atoms with van der Waals surface area (Å²) in [5.74, 6) is -0.597. The second-order valence-electron chi connectivity index (χ2n) is 7.85. The molecule has 0 saturated carbocycles. The summed E-state index contributed by atoms with van der Waals surface area (Å²) in [5.41, 5.74) is 3.65. The van der Waals surface area contributed by atoms with E-state index < -0.39 is 5.91 Å². The second-order valence-corrected chi connectivity index (χ2v) is 9.88. The third-order valence-corrected chi connectivity index (χ3v) is 7.11. The zero-order valence-corrected chi connectivity index (χ0v) is 21.4. The Kier molecular flexibility index (Phi) is 7.80. The zero-order valence-electron chi connectivity index (χ0n) is 19.1. The minimum Gasteiger partial charge on any atom is -0.346 e. The Morgan fingerprint density at radius 3 is 2.51 bits per heavy atom. The lowest BCUT2D eigenvalue weighted by Gasteiger charge is -2.09. The van der Waals surface area contributed by atoms with Crippen LogP contribution in [-0.4, -0.2) is 21.4 Å². The van der Waals surface area contributed by atoms with Gasteiger partial charge in [-0.1, -0.05) is 41.4 Å². The number of aromatic nitrogens is 2. The van der Waals surface area contributed by atoms with Crippen molar-refractivity contribution in [3.8, 4) is 0 Å². The molecule has 2 heterocycles. The van der Waals surface area contributed by atoms with Crippen LogP contribution in [0.4, 0.5) is 0 Å². The highest BCUT2D eigenvalue weighted by Crippen LogP contribution is 2.22. The van der Waals surface area contributed by atoms with Crippen molar-refractivity contribution in [2.75, 3.05) is 0 Å². The number of thiazole rings is 1. The van der Waals surface area contributed by atoms with Gasteiger partial charge in [0, 0.05) is 27.4 Å². The highest BCUT2D eigenvalue weighted by molar-refractivity contribution is 7.09. The Labute approximate surface area is 216 Å². The molecule has 0 bridgehead atoms. The van der Waals surface area contributed by atoms with Gasteiger partial charge in [0.25, 0.3) is 11.8 Å². The molecule has 0 unspecified atom stereocenters. The predicted octanol–water partition coefficient (Wildman–Crippen LogP) is 5.59. The van der Waals surface area contributed by atoms with E-state index in [0.717, 1.165) is 21.8 Å². The fourth-order valence-corrected chi connectivity index (χ4v) is 4.86. The SMILES string of the molecule is Cc1sc(=NC(=O)c2ccc(Cl)cc2Cl)n(Cc2ccc(C(=O)NCc3ccccn3)cc2)c1C. The smallest absolute Gasteiger partial charge is 0.281 e. The number of nitrogens with one attached hydrogen (secondary N) is 1. The lowest BCUT2D eigenvalue weighted by Crippen LogP contribution is -2.23. The Morgan fingerprint density at radius 2 is 1.83 bits per heavy atom. The topological polar surface area (TPSA) is 76.3 Å². The van der Waals surface area contributed by atoms with Crippen LogP contribution in [0.25, 0.3) is 0 Å². The number of halogens is 2. The number of aryl methyl sites for hydroxylation is 1. The lowest BCUT2D eigenvalue weighted by atomic mass is 10.1. The van der Waals surface area contributed by atoms with E-state index in [1.54, 1.807) is 30.5 Å². The molecule has 0 aliphatic heterocycles. The number of benzene rings is 2. The van der Waals surface area contributed by atoms with E-state index >= 15 is 0 Å². The standard InChI is InChI=1S/C26H22Cl2N4O2S/c1-16-17(2)35-26(31-25(34)22-11-10-20(27)13-23(22)28)32(16)15-18-6-8-19(9-7-18)24(33)30-14-21-5-3-4-12-29-21/h3-13H,14-15H2,1-2H3,(H,30,33). The first-order chi connectivity index (χ1) is 16.8. The van der Waals surface area contributed by atoms with Gasteiger partial charge in [0.05, 0.1) is 29.4 Å². The van der Waals surface area contributed by atoms with Gasteiger partial charge in [-0.2, -0.15) is 4.99 Å². The van der Waals surface area contributed by atoms with Crippen LogP contribution in [-0.2, 0) is 13.1 Å². The van der Waals surface area contributed by atoms with E-state index in [1.807, 2.05) is 48.7 Å². The minimum absolute atomic E-state index is 0.168. The van der Waals surface area contributed by atoms with Gasteiger partial charge >= 0.3 is 0 Å². The Bertz CT molecular complexity index is 1440. The molecule has 4 aromatic rings. The molecule has 178 valence electrons. The molecule has 9 heteroatoms. The van der Waals surface area contributed by atoms with E-state index in [-0.39, 0.29) is 10.9 Å². The number of hydrogen-bond donors (Lipinski definition) is 1. The summed E-state index contributed by atoms with van der Waals surface area (Å²) in [7, 11) is 0. The fraction of sp³-hybridized carbons (Fsp3) is 0.154. The molecule has 2 amide bonds. The summed E-state index contributed by atoms with van der Waals surface area (Å²) in [5, 5.41) is 3.59. The van der Waals surface area contributed by atoms with Gasteiger partial charge in [-0.15, -0.1) is 11.3 Å². The van der Waals surface area contributed by atoms with Crippen molar-refractivity contribution in [1.82, 2.24) is 14.9 Å². The van der Waals surface area contributed by atoms with Gasteiger partial charge in [0.2, 0.25) is 0 Å². The molecule has 0 aliphatic carbocycles. The summed E-state index contributed by atoms with van der Waals surface area (Å²) < 4.78 is 1.98. The summed E-state index contributed by atoms with van der Waals surface area (Å²) in [4.78, 5) is 35.5. The van der Waals surface area contributed by atoms with Crippen molar-refractivity contribution in [3.05, 3.63) is 115 Å². The number of rotatable bonds is 6. The molecule has 0 radical (unpaired) electrons. The first-order valence-electron chi connectivity index (χ1n) is 10.8. The van der Waals surface area contributed by atoms with Crippen molar-refractivity contribution in [2.45, 2.75) is 26.9 Å². The van der Waals surface area contributed by atoms with Crippen molar-refractivity contribution < 1.29 is 9.59 Å². The molecular weight excluding hydrogens is 503 g/mol. The monoisotopic (exact) mass is 524 g/mol. The average Bonchev–Trinajstić information content (AvgIpc) is 3.10. The number of nitrogens with zero attached hydrogens (tertiary/aromatic N) is 3. The van der Waals surface area contributed by atoms with Crippen LogP contribution in [0, 0.1) is 13.8 Å². The minimum atomic E-state index is -0.429. The highest BCUT2D eigenvalue weighted by atomic mass is 35.5. The Balaban J connectivity index is 1.52. The number of hydrogen-bond acceptors (Lipinski definition) is 4. The van der Waals surface area contributed by atoms with Gasteiger partial charge in [-0.25, -0.2) is 0 Å². The van der Waals surface area contributed by atoms with E-state index in [1.165, 1.54) is 17.4 Å². The van der Waals surface area contributed by atoms with Gasteiger partial charge < -0.3 is 9.88 Å². The van der Waals surface area contributed by atoms with Gasteiger partial charge in [-0.3, -0.25) is 14.6 Å². The summed E-state index contributed by atoms with van der Waals surface area (Å²) in [6, 6.07) is 17.7. The quantitative estimate of drug-likeness (QED) is 0.357. The maximum Gasteiger partial charge on any atom is 0.281 e. The van der Waals surface area contributed by atoms with E-state index in [0.29, 0.717) is 34.0 Å². The largest absolute Gasteiger partial charge is 0.346 e. The number of amides is 2. The number of carbonyl (C=O) groups is 2. The van der Waals surface area contributed by atoms with Gasteiger partial charge in [0.1, 0.15) is 0 Å². The predicted molar refractivity (Wildman–Crippen MR) is 139 cm³/mol. The molecular formula is C26H22Cl2N4O2S. The van der Waals surface area contributed by atoms with Crippen LogP contribution in [0.15, 0.2) is 71.9 Å². The molecule has 35 heavy (non-hydrogen) atoms. The van der Waals surface area contributed by atoms with Crippen molar-refractivity contribution >= 4 is 46.4 Å². The van der Waals surface area contributed by atoms with Gasteiger partial charge in [-0.05, 0) is 61.9 Å². The summed E-state index contributed by atoms with van der Waals surface area (Å²) in [6.45, 7) is 4.85. The van der Waals surface area contributed by atoms with Crippen molar-refractivity contribution in [1.29, 1.82) is 0 Å². The molecule has 2 aromatic carbocycles. The average molecular weight is 525 g/mol. The lowest BCUT2D eigenvalue weighted by molar-refractivity contribution is 0.0949. The molecule has 0 saturated heterocycles. The molecule has 6 nitrogen and oxygen atoms in total. The molecule has 0 spiro atoms. The fourth-order valence-electron chi connectivity index (χ4n) is 3.40. The summed E-state index contributed by atoms with van der Waals surface area (Å²) in [6.07, 6.45) is 1.69. The molecule has 0 aliphatic rings. The number of carbonyl (C=O) groups excluding carboxylic acids is 2.